The molecule has 0 saturated carbocycles. The third-order valence-electron chi connectivity index (χ3n) is 2.05. The third-order valence-corrected chi connectivity index (χ3v) is 2.05. The van der Waals surface area contributed by atoms with Gasteiger partial charge in [0.1, 0.15) is 0 Å². The Kier molecular flexibility index (Phi) is 7.62. The van der Waals surface area contributed by atoms with E-state index >= 15 is 0 Å². The van der Waals surface area contributed by atoms with Crippen LogP contribution in [0.15, 0.2) is 0 Å². The fraction of sp³-hybridized carbons (Fsp3) is 0.800. The van der Waals surface area contributed by atoms with Crippen LogP contribution < -0.4 is 11.1 Å². The van der Waals surface area contributed by atoms with Crippen molar-refractivity contribution in [1.29, 1.82) is 0 Å². The Morgan fingerprint density at radius 1 is 1.40 bits per heavy atom. The average molecular weight is 216 g/mol. The Labute approximate surface area is 90.0 Å². The first-order valence-corrected chi connectivity index (χ1v) is 5.33. The van der Waals surface area contributed by atoms with Gasteiger partial charge < -0.3 is 16.2 Å². The lowest BCUT2D eigenvalue weighted by atomic mass is 10.1. The van der Waals surface area contributed by atoms with E-state index in [1.807, 2.05) is 6.92 Å². The van der Waals surface area contributed by atoms with Gasteiger partial charge in [-0.3, -0.25) is 9.59 Å². The average Bonchev–Trinajstić information content (AvgIpc) is 2.16. The summed E-state index contributed by atoms with van der Waals surface area (Å²) in [5.41, 5.74) is 5.58. The molecule has 0 aromatic carbocycles. The Bertz CT molecular complexity index is 207. The number of carbonyl (C=O) groups is 2. The zero-order valence-electron chi connectivity index (χ0n) is 9.16. The summed E-state index contributed by atoms with van der Waals surface area (Å²) in [5.74, 6) is -0.948. The maximum atomic E-state index is 11.3. The summed E-state index contributed by atoms with van der Waals surface area (Å²) >= 11 is 0. The minimum absolute atomic E-state index is 0.146. The van der Waals surface area contributed by atoms with E-state index in [4.69, 9.17) is 10.8 Å². The zero-order chi connectivity index (χ0) is 11.7. The highest BCUT2D eigenvalue weighted by Gasteiger charge is 2.10. The van der Waals surface area contributed by atoms with Crippen molar-refractivity contribution in [3.8, 4) is 0 Å². The van der Waals surface area contributed by atoms with Crippen LogP contribution in [0.2, 0.25) is 0 Å². The van der Waals surface area contributed by atoms with Crippen molar-refractivity contribution in [3.63, 3.8) is 0 Å². The number of amides is 1. The first kappa shape index (κ1) is 13.9. The van der Waals surface area contributed by atoms with E-state index < -0.39 is 12.0 Å². The van der Waals surface area contributed by atoms with Crippen molar-refractivity contribution in [3.05, 3.63) is 0 Å². The van der Waals surface area contributed by atoms with Gasteiger partial charge in [0.15, 0.2) is 0 Å². The smallest absolute Gasteiger partial charge is 0.303 e. The molecule has 0 aliphatic rings. The second-order valence-electron chi connectivity index (χ2n) is 3.54. The first-order valence-electron chi connectivity index (χ1n) is 5.33. The predicted molar refractivity (Wildman–Crippen MR) is 57.4 cm³/mol. The van der Waals surface area contributed by atoms with E-state index in [1.165, 1.54) is 0 Å². The molecule has 0 rings (SSSR count). The Hall–Kier alpha value is -1.10. The molecule has 0 saturated heterocycles. The number of unbranched alkanes of at least 4 members (excludes halogenated alkanes) is 1. The predicted octanol–water partition coefficient (Wildman–Crippen LogP) is 0.485. The molecule has 0 aliphatic heterocycles. The number of carboxylic acid groups (broad SMARTS) is 1. The third kappa shape index (κ3) is 7.93. The van der Waals surface area contributed by atoms with Crippen LogP contribution in [0.4, 0.5) is 0 Å². The first-order chi connectivity index (χ1) is 7.07. The maximum Gasteiger partial charge on any atom is 0.303 e. The molecule has 15 heavy (non-hydrogen) atoms. The van der Waals surface area contributed by atoms with Crippen LogP contribution in [0.3, 0.4) is 0 Å². The summed E-state index contributed by atoms with van der Waals surface area (Å²) in [7, 11) is 0. The molecule has 0 aromatic heterocycles. The van der Waals surface area contributed by atoms with Gasteiger partial charge in [-0.25, -0.2) is 0 Å². The molecule has 0 spiro atoms. The number of hydrogen-bond acceptors (Lipinski definition) is 3. The largest absolute Gasteiger partial charge is 0.481 e. The monoisotopic (exact) mass is 216 g/mol. The highest BCUT2D eigenvalue weighted by atomic mass is 16.4. The van der Waals surface area contributed by atoms with Gasteiger partial charge in [-0.05, 0) is 19.3 Å². The van der Waals surface area contributed by atoms with Gasteiger partial charge in [-0.15, -0.1) is 0 Å². The van der Waals surface area contributed by atoms with E-state index in [0.717, 1.165) is 6.42 Å². The fourth-order valence-corrected chi connectivity index (χ4v) is 1.19. The van der Waals surface area contributed by atoms with Gasteiger partial charge in [0.25, 0.3) is 0 Å². The van der Waals surface area contributed by atoms with Crippen molar-refractivity contribution in [2.24, 2.45) is 5.73 Å². The van der Waals surface area contributed by atoms with E-state index in [0.29, 0.717) is 25.8 Å². The van der Waals surface area contributed by atoms with Crippen LogP contribution in [0.5, 0.6) is 0 Å². The lowest BCUT2D eigenvalue weighted by molar-refractivity contribution is -0.137. The van der Waals surface area contributed by atoms with Gasteiger partial charge >= 0.3 is 5.97 Å². The highest BCUT2D eigenvalue weighted by Crippen LogP contribution is 1.95. The molecule has 5 nitrogen and oxygen atoms in total. The van der Waals surface area contributed by atoms with Crippen molar-refractivity contribution >= 4 is 11.9 Å². The standard InChI is InChI=1S/C10H20N2O3/c1-2-5-8(11)10(15)12-7-4-3-6-9(13)14/h8H,2-7,11H2,1H3,(H,12,15)(H,13,14). The summed E-state index contributed by atoms with van der Waals surface area (Å²) in [6.07, 6.45) is 2.97. The number of hydrogen-bond donors (Lipinski definition) is 3. The van der Waals surface area contributed by atoms with Crippen molar-refractivity contribution in [1.82, 2.24) is 5.32 Å². The van der Waals surface area contributed by atoms with E-state index in [1.54, 1.807) is 0 Å². The van der Waals surface area contributed by atoms with Crippen LogP contribution in [0, 0.1) is 0 Å². The van der Waals surface area contributed by atoms with Crippen LogP contribution in [0.1, 0.15) is 39.0 Å². The number of rotatable bonds is 8. The number of nitrogens with one attached hydrogen (secondary N) is 1. The quantitative estimate of drug-likeness (QED) is 0.515. The minimum atomic E-state index is -0.802. The summed E-state index contributed by atoms with van der Waals surface area (Å²) in [6.45, 7) is 2.48. The molecular weight excluding hydrogens is 196 g/mol. The van der Waals surface area contributed by atoms with Gasteiger partial charge in [0, 0.05) is 13.0 Å². The van der Waals surface area contributed by atoms with Crippen molar-refractivity contribution in [2.75, 3.05) is 6.54 Å². The summed E-state index contributed by atoms with van der Waals surface area (Å²) < 4.78 is 0. The van der Waals surface area contributed by atoms with Crippen LogP contribution in [-0.4, -0.2) is 29.6 Å². The van der Waals surface area contributed by atoms with Gasteiger partial charge in [-0.1, -0.05) is 13.3 Å². The molecule has 1 amide bonds. The summed E-state index contributed by atoms with van der Waals surface area (Å²) in [6, 6.07) is -0.436. The zero-order valence-corrected chi connectivity index (χ0v) is 9.16. The van der Waals surface area contributed by atoms with Gasteiger partial charge in [-0.2, -0.15) is 0 Å². The van der Waals surface area contributed by atoms with Crippen molar-refractivity contribution in [2.45, 2.75) is 45.1 Å². The molecule has 0 heterocycles. The van der Waals surface area contributed by atoms with E-state index in [9.17, 15) is 9.59 Å². The normalized spacial score (nSPS) is 12.1. The molecule has 4 N–H and O–H groups in total. The molecule has 0 aliphatic carbocycles. The summed E-state index contributed by atoms with van der Waals surface area (Å²) in [5, 5.41) is 11.1. The SMILES string of the molecule is CCCC(N)C(=O)NCCCCC(=O)O. The Morgan fingerprint density at radius 3 is 2.60 bits per heavy atom. The molecule has 0 radical (unpaired) electrons. The van der Waals surface area contributed by atoms with E-state index in [2.05, 4.69) is 5.32 Å². The second-order valence-corrected chi connectivity index (χ2v) is 3.54. The van der Waals surface area contributed by atoms with Crippen LogP contribution >= 0.6 is 0 Å². The van der Waals surface area contributed by atoms with Crippen LogP contribution in [0.25, 0.3) is 0 Å². The van der Waals surface area contributed by atoms with E-state index in [-0.39, 0.29) is 12.3 Å². The molecule has 88 valence electrons. The highest BCUT2D eigenvalue weighted by molar-refractivity contribution is 5.81. The number of carbonyl (C=O) groups excluding carboxylic acids is 1. The Balaban J connectivity index is 3.42. The molecule has 5 heteroatoms. The molecule has 0 aromatic rings. The number of carboxylic acids is 1. The maximum absolute atomic E-state index is 11.3. The number of nitrogens with two attached hydrogens (primary N) is 1. The Morgan fingerprint density at radius 2 is 2.07 bits per heavy atom. The molecule has 1 unspecified atom stereocenters. The molecule has 0 fully saturated rings. The summed E-state index contributed by atoms with van der Waals surface area (Å²) in [4.78, 5) is 21.5. The molecule has 0 bridgehead atoms. The van der Waals surface area contributed by atoms with Crippen molar-refractivity contribution < 1.29 is 14.7 Å². The molecular formula is C10H20N2O3. The lowest BCUT2D eigenvalue weighted by Gasteiger charge is -2.10. The number of aliphatic carboxylic acids is 1. The molecule has 1 atom stereocenters. The topological polar surface area (TPSA) is 92.4 Å². The van der Waals surface area contributed by atoms with Gasteiger partial charge in [0.2, 0.25) is 5.91 Å². The van der Waals surface area contributed by atoms with Crippen LogP contribution in [-0.2, 0) is 9.59 Å². The van der Waals surface area contributed by atoms with Gasteiger partial charge in [0.05, 0.1) is 6.04 Å². The second kappa shape index (κ2) is 8.23. The lowest BCUT2D eigenvalue weighted by Crippen LogP contribution is -2.40. The fourth-order valence-electron chi connectivity index (χ4n) is 1.19. The minimum Gasteiger partial charge on any atom is -0.481 e.